The number of anilines is 1. The summed E-state index contributed by atoms with van der Waals surface area (Å²) in [6.07, 6.45) is 1.99. The van der Waals surface area contributed by atoms with E-state index in [0.717, 1.165) is 49.6 Å². The van der Waals surface area contributed by atoms with E-state index in [2.05, 4.69) is 54.3 Å². The summed E-state index contributed by atoms with van der Waals surface area (Å²) < 4.78 is 5.38. The van der Waals surface area contributed by atoms with Crippen LogP contribution in [-0.4, -0.2) is 44.1 Å². The number of rotatable bonds is 3. The lowest BCUT2D eigenvalue weighted by atomic mass is 9.91. The first-order chi connectivity index (χ1) is 14.6. The summed E-state index contributed by atoms with van der Waals surface area (Å²) in [5, 5.41) is 0. The van der Waals surface area contributed by atoms with Gasteiger partial charge in [0, 0.05) is 36.7 Å². The van der Waals surface area contributed by atoms with Crippen LogP contribution in [0.15, 0.2) is 48.5 Å². The fourth-order valence-corrected chi connectivity index (χ4v) is 5.73. The van der Waals surface area contributed by atoms with Crippen LogP contribution in [0.4, 0.5) is 5.69 Å². The Bertz CT molecular complexity index is 1100. The van der Waals surface area contributed by atoms with Gasteiger partial charge >= 0.3 is 0 Å². The molecule has 1 fully saturated rings. The summed E-state index contributed by atoms with van der Waals surface area (Å²) in [6, 6.07) is 17.0. The molecule has 0 bridgehead atoms. The minimum atomic E-state index is 0.174. The van der Waals surface area contributed by atoms with Gasteiger partial charge in [-0.15, -0.1) is 11.3 Å². The highest BCUT2D eigenvalue weighted by Crippen LogP contribution is 2.41. The SMILES string of the molecule is COc1ccc2c(c1)CCc1cc(C(=O)N3CCN(c4cccc(C)c4)CC3)sc1-2. The van der Waals surface area contributed by atoms with E-state index >= 15 is 0 Å². The fourth-order valence-electron chi connectivity index (χ4n) is 4.49. The molecule has 154 valence electrons. The normalized spacial score (nSPS) is 15.5. The second-order valence-corrected chi connectivity index (χ2v) is 9.16. The van der Waals surface area contributed by atoms with Gasteiger partial charge in [-0.2, -0.15) is 0 Å². The van der Waals surface area contributed by atoms with E-state index in [1.807, 2.05) is 11.0 Å². The van der Waals surface area contributed by atoms with Gasteiger partial charge in [-0.25, -0.2) is 0 Å². The van der Waals surface area contributed by atoms with Crippen LogP contribution < -0.4 is 9.64 Å². The molecule has 0 unspecified atom stereocenters. The fraction of sp³-hybridized carbons (Fsp3) is 0.320. The zero-order valence-corrected chi connectivity index (χ0v) is 18.3. The van der Waals surface area contributed by atoms with Crippen molar-refractivity contribution in [2.45, 2.75) is 19.8 Å². The first-order valence-corrected chi connectivity index (χ1v) is 11.3. The summed E-state index contributed by atoms with van der Waals surface area (Å²) in [5.74, 6) is 1.07. The molecule has 0 radical (unpaired) electrons. The number of aryl methyl sites for hydroxylation is 3. The third kappa shape index (κ3) is 3.47. The summed E-state index contributed by atoms with van der Waals surface area (Å²) in [5.41, 5.74) is 6.40. The van der Waals surface area contributed by atoms with Crippen molar-refractivity contribution in [1.29, 1.82) is 0 Å². The van der Waals surface area contributed by atoms with E-state index in [9.17, 15) is 4.79 Å². The van der Waals surface area contributed by atoms with E-state index in [1.165, 1.54) is 32.8 Å². The molecule has 2 heterocycles. The van der Waals surface area contributed by atoms with Gasteiger partial charge in [0.15, 0.2) is 0 Å². The van der Waals surface area contributed by atoms with Gasteiger partial charge in [0.1, 0.15) is 5.75 Å². The van der Waals surface area contributed by atoms with Crippen LogP contribution in [0, 0.1) is 6.92 Å². The molecule has 2 aromatic carbocycles. The maximum Gasteiger partial charge on any atom is 0.264 e. The highest BCUT2D eigenvalue weighted by Gasteiger charge is 2.27. The minimum Gasteiger partial charge on any atom is -0.497 e. The summed E-state index contributed by atoms with van der Waals surface area (Å²) in [7, 11) is 1.70. The van der Waals surface area contributed by atoms with Crippen molar-refractivity contribution in [2.24, 2.45) is 0 Å². The number of benzene rings is 2. The number of amides is 1. The lowest BCUT2D eigenvalue weighted by Gasteiger charge is -2.36. The smallest absolute Gasteiger partial charge is 0.264 e. The third-order valence-electron chi connectivity index (χ3n) is 6.17. The number of carbonyl (C=O) groups is 1. The van der Waals surface area contributed by atoms with E-state index in [0.29, 0.717) is 0 Å². The van der Waals surface area contributed by atoms with Gasteiger partial charge in [0.05, 0.1) is 12.0 Å². The number of piperazine rings is 1. The molecule has 30 heavy (non-hydrogen) atoms. The average molecular weight is 419 g/mol. The van der Waals surface area contributed by atoms with Crippen molar-refractivity contribution in [3.05, 3.63) is 70.1 Å². The highest BCUT2D eigenvalue weighted by atomic mass is 32.1. The Hall–Kier alpha value is -2.79. The molecular formula is C25H26N2O2S. The number of nitrogens with zero attached hydrogens (tertiary/aromatic N) is 2. The molecule has 3 aromatic rings. The Morgan fingerprint density at radius 3 is 2.53 bits per heavy atom. The predicted octanol–water partition coefficient (Wildman–Crippen LogP) is 4.79. The van der Waals surface area contributed by atoms with Crippen LogP contribution in [0.2, 0.25) is 0 Å². The molecule has 4 nitrogen and oxygen atoms in total. The van der Waals surface area contributed by atoms with Crippen molar-refractivity contribution in [3.63, 3.8) is 0 Å². The van der Waals surface area contributed by atoms with E-state index in [-0.39, 0.29) is 5.91 Å². The predicted molar refractivity (Wildman–Crippen MR) is 123 cm³/mol. The average Bonchev–Trinajstić information content (AvgIpc) is 3.23. The van der Waals surface area contributed by atoms with Gasteiger partial charge in [-0.1, -0.05) is 12.1 Å². The quantitative estimate of drug-likeness (QED) is 0.613. The summed E-state index contributed by atoms with van der Waals surface area (Å²) in [4.78, 5) is 19.7. The molecule has 0 saturated carbocycles. The van der Waals surface area contributed by atoms with Crippen molar-refractivity contribution in [3.8, 4) is 16.2 Å². The molecule has 1 aliphatic heterocycles. The number of fused-ring (bicyclic) bond motifs is 3. The van der Waals surface area contributed by atoms with Crippen LogP contribution in [0.1, 0.15) is 26.4 Å². The standard InChI is InChI=1S/C25H26N2O2S/c1-17-4-3-5-20(14-17)26-10-12-27(13-11-26)25(28)23-16-19-7-6-18-15-21(29-2)8-9-22(18)24(19)30-23/h3-5,8-9,14-16H,6-7,10-13H2,1-2H3. The molecule has 1 aromatic heterocycles. The van der Waals surface area contributed by atoms with Crippen LogP contribution in [0.25, 0.3) is 10.4 Å². The van der Waals surface area contributed by atoms with Crippen molar-refractivity contribution < 1.29 is 9.53 Å². The molecule has 0 N–H and O–H groups in total. The van der Waals surface area contributed by atoms with Gasteiger partial charge in [0.25, 0.3) is 5.91 Å². The number of methoxy groups -OCH3 is 1. The second-order valence-electron chi connectivity index (χ2n) is 8.11. The van der Waals surface area contributed by atoms with Crippen LogP contribution in [-0.2, 0) is 12.8 Å². The molecule has 0 spiro atoms. The third-order valence-corrected chi connectivity index (χ3v) is 7.37. The number of ether oxygens (including phenoxy) is 1. The van der Waals surface area contributed by atoms with Crippen molar-refractivity contribution in [2.75, 3.05) is 38.2 Å². The number of thiophene rings is 1. The van der Waals surface area contributed by atoms with Crippen molar-refractivity contribution >= 4 is 22.9 Å². The molecule has 2 aliphatic rings. The summed E-state index contributed by atoms with van der Waals surface area (Å²) >= 11 is 1.65. The Labute approximate surface area is 181 Å². The number of hydrogen-bond acceptors (Lipinski definition) is 4. The van der Waals surface area contributed by atoms with E-state index in [4.69, 9.17) is 4.74 Å². The molecule has 5 rings (SSSR count). The maximum absolute atomic E-state index is 13.2. The molecule has 1 aliphatic carbocycles. The molecule has 0 atom stereocenters. The summed E-state index contributed by atoms with van der Waals surface area (Å²) in [6.45, 7) is 5.41. The van der Waals surface area contributed by atoms with Gasteiger partial charge < -0.3 is 14.5 Å². The Kier molecular flexibility index (Phi) is 4.99. The first kappa shape index (κ1) is 19.2. The Morgan fingerprint density at radius 2 is 1.77 bits per heavy atom. The van der Waals surface area contributed by atoms with Crippen LogP contribution >= 0.6 is 11.3 Å². The van der Waals surface area contributed by atoms with Gasteiger partial charge in [-0.05, 0) is 78.4 Å². The topological polar surface area (TPSA) is 32.8 Å². The van der Waals surface area contributed by atoms with Crippen LogP contribution in [0.5, 0.6) is 5.75 Å². The second kappa shape index (κ2) is 7.80. The molecule has 5 heteroatoms. The molecule has 1 saturated heterocycles. The zero-order valence-electron chi connectivity index (χ0n) is 17.5. The molecule has 1 amide bonds. The monoisotopic (exact) mass is 418 g/mol. The Morgan fingerprint density at radius 1 is 0.967 bits per heavy atom. The van der Waals surface area contributed by atoms with Crippen LogP contribution in [0.3, 0.4) is 0 Å². The minimum absolute atomic E-state index is 0.174. The Balaban J connectivity index is 1.32. The number of carbonyl (C=O) groups excluding carboxylic acids is 1. The van der Waals surface area contributed by atoms with Crippen molar-refractivity contribution in [1.82, 2.24) is 4.90 Å². The maximum atomic E-state index is 13.2. The van der Waals surface area contributed by atoms with E-state index in [1.54, 1.807) is 18.4 Å². The number of hydrogen-bond donors (Lipinski definition) is 0. The zero-order chi connectivity index (χ0) is 20.7. The van der Waals surface area contributed by atoms with E-state index < -0.39 is 0 Å². The largest absolute Gasteiger partial charge is 0.497 e. The lowest BCUT2D eigenvalue weighted by Crippen LogP contribution is -2.48. The highest BCUT2D eigenvalue weighted by molar-refractivity contribution is 7.17. The van der Waals surface area contributed by atoms with Gasteiger partial charge in [-0.3, -0.25) is 4.79 Å². The molecular weight excluding hydrogens is 392 g/mol. The first-order valence-electron chi connectivity index (χ1n) is 10.5. The van der Waals surface area contributed by atoms with Gasteiger partial charge in [0.2, 0.25) is 0 Å². The lowest BCUT2D eigenvalue weighted by molar-refractivity contribution is 0.0751.